The molecule has 3 N–H and O–H groups in total. The fourth-order valence-corrected chi connectivity index (χ4v) is 1.97. The van der Waals surface area contributed by atoms with Crippen LogP contribution in [0.1, 0.15) is 18.5 Å². The maximum atomic E-state index is 13.7. The van der Waals surface area contributed by atoms with Crippen LogP contribution < -0.4 is 15.8 Å². The molecule has 0 aromatic heterocycles. The Morgan fingerprint density at radius 2 is 2.37 bits per heavy atom. The lowest BCUT2D eigenvalue weighted by molar-refractivity contribution is 0.202. The van der Waals surface area contributed by atoms with E-state index in [-0.39, 0.29) is 17.9 Å². The zero-order chi connectivity index (χ0) is 13.8. The van der Waals surface area contributed by atoms with Crippen molar-refractivity contribution >= 4 is 6.03 Å². The molecular weight excluding hydrogens is 249 g/mol. The first-order valence-electron chi connectivity index (χ1n) is 6.28. The van der Waals surface area contributed by atoms with Crippen molar-refractivity contribution in [2.75, 3.05) is 26.2 Å². The van der Waals surface area contributed by atoms with Gasteiger partial charge in [0.1, 0.15) is 18.2 Å². The van der Waals surface area contributed by atoms with Gasteiger partial charge in [-0.2, -0.15) is 0 Å². The van der Waals surface area contributed by atoms with Gasteiger partial charge < -0.3 is 20.7 Å². The second-order valence-electron chi connectivity index (χ2n) is 4.54. The van der Waals surface area contributed by atoms with Crippen LogP contribution in [-0.4, -0.2) is 37.2 Å². The SMILES string of the molecule is C[C@@H](N)c1ccc(OCCN2CCNC2=O)cc1F. The van der Waals surface area contributed by atoms with Crippen LogP contribution in [0.25, 0.3) is 0 Å². The van der Waals surface area contributed by atoms with Crippen LogP contribution in [0.3, 0.4) is 0 Å². The van der Waals surface area contributed by atoms with Crippen LogP contribution in [0.5, 0.6) is 5.75 Å². The number of amides is 2. The Kier molecular flexibility index (Phi) is 4.21. The first kappa shape index (κ1) is 13.6. The van der Waals surface area contributed by atoms with Gasteiger partial charge in [0.25, 0.3) is 0 Å². The minimum absolute atomic E-state index is 0.0814. The minimum atomic E-state index is -0.369. The number of hydrogen-bond acceptors (Lipinski definition) is 3. The maximum absolute atomic E-state index is 13.7. The summed E-state index contributed by atoms with van der Waals surface area (Å²) < 4.78 is 19.1. The number of halogens is 1. The van der Waals surface area contributed by atoms with E-state index >= 15 is 0 Å². The summed E-state index contributed by atoms with van der Waals surface area (Å²) >= 11 is 0. The number of urea groups is 1. The Morgan fingerprint density at radius 1 is 1.58 bits per heavy atom. The van der Waals surface area contributed by atoms with E-state index in [1.807, 2.05) is 0 Å². The van der Waals surface area contributed by atoms with E-state index in [4.69, 9.17) is 10.5 Å². The summed E-state index contributed by atoms with van der Waals surface area (Å²) in [6.07, 6.45) is 0. The number of nitrogens with one attached hydrogen (secondary N) is 1. The van der Waals surface area contributed by atoms with Gasteiger partial charge in [-0.1, -0.05) is 6.07 Å². The van der Waals surface area contributed by atoms with Crippen molar-refractivity contribution in [3.63, 3.8) is 0 Å². The molecule has 0 radical (unpaired) electrons. The number of rotatable bonds is 5. The third-order valence-corrected chi connectivity index (χ3v) is 3.04. The number of nitrogens with zero attached hydrogens (tertiary/aromatic N) is 1. The van der Waals surface area contributed by atoms with Gasteiger partial charge in [-0.05, 0) is 13.0 Å². The predicted octanol–water partition coefficient (Wildman–Crippen LogP) is 1.25. The summed E-state index contributed by atoms with van der Waals surface area (Å²) in [7, 11) is 0. The first-order chi connectivity index (χ1) is 9.08. The molecule has 0 bridgehead atoms. The molecule has 0 saturated carbocycles. The quantitative estimate of drug-likeness (QED) is 0.843. The summed E-state index contributed by atoms with van der Waals surface area (Å²) in [5.74, 6) is 0.0768. The molecule has 19 heavy (non-hydrogen) atoms. The molecule has 5 nitrogen and oxygen atoms in total. The summed E-state index contributed by atoms with van der Waals surface area (Å²) in [6, 6.07) is 4.20. The van der Waals surface area contributed by atoms with Crippen LogP contribution in [0.2, 0.25) is 0 Å². The van der Waals surface area contributed by atoms with Crippen molar-refractivity contribution in [1.82, 2.24) is 10.2 Å². The Morgan fingerprint density at radius 3 is 2.95 bits per heavy atom. The van der Waals surface area contributed by atoms with Gasteiger partial charge in [0, 0.05) is 30.8 Å². The van der Waals surface area contributed by atoms with E-state index in [1.54, 1.807) is 24.0 Å². The second-order valence-corrected chi connectivity index (χ2v) is 4.54. The van der Waals surface area contributed by atoms with E-state index in [9.17, 15) is 9.18 Å². The van der Waals surface area contributed by atoms with E-state index in [0.29, 0.717) is 37.6 Å². The zero-order valence-corrected chi connectivity index (χ0v) is 10.9. The lowest BCUT2D eigenvalue weighted by atomic mass is 10.1. The molecule has 104 valence electrons. The highest BCUT2D eigenvalue weighted by Gasteiger charge is 2.18. The van der Waals surface area contributed by atoms with Crippen molar-refractivity contribution in [1.29, 1.82) is 0 Å². The zero-order valence-electron chi connectivity index (χ0n) is 10.9. The predicted molar refractivity (Wildman–Crippen MR) is 69.5 cm³/mol. The molecule has 0 aliphatic carbocycles. The van der Waals surface area contributed by atoms with Crippen molar-refractivity contribution in [3.05, 3.63) is 29.6 Å². The normalized spacial score (nSPS) is 16.4. The minimum Gasteiger partial charge on any atom is -0.492 e. The third kappa shape index (κ3) is 3.35. The Labute approximate surface area is 111 Å². The van der Waals surface area contributed by atoms with Crippen LogP contribution in [-0.2, 0) is 0 Å². The van der Waals surface area contributed by atoms with Gasteiger partial charge in [-0.3, -0.25) is 0 Å². The number of carbonyl (C=O) groups excluding carboxylic acids is 1. The Hall–Kier alpha value is -1.82. The van der Waals surface area contributed by atoms with Crippen molar-refractivity contribution < 1.29 is 13.9 Å². The molecule has 0 spiro atoms. The van der Waals surface area contributed by atoms with Gasteiger partial charge in [-0.15, -0.1) is 0 Å². The Bertz CT molecular complexity index is 465. The van der Waals surface area contributed by atoms with E-state index in [0.717, 1.165) is 0 Å². The van der Waals surface area contributed by atoms with Crippen LogP contribution in [0, 0.1) is 5.82 Å². The number of nitrogens with two attached hydrogens (primary N) is 1. The molecule has 1 saturated heterocycles. The van der Waals surface area contributed by atoms with E-state index < -0.39 is 0 Å². The van der Waals surface area contributed by atoms with Gasteiger partial charge in [0.05, 0.1) is 6.54 Å². The molecule has 1 aliphatic rings. The number of hydrogen-bond donors (Lipinski definition) is 2. The molecule has 1 aromatic carbocycles. The fourth-order valence-electron chi connectivity index (χ4n) is 1.97. The summed E-state index contributed by atoms with van der Waals surface area (Å²) in [5.41, 5.74) is 6.09. The average Bonchev–Trinajstić information content (AvgIpc) is 2.75. The molecule has 2 amide bonds. The van der Waals surface area contributed by atoms with Crippen LogP contribution in [0.15, 0.2) is 18.2 Å². The maximum Gasteiger partial charge on any atom is 0.317 e. The lowest BCUT2D eigenvalue weighted by Gasteiger charge is -2.15. The monoisotopic (exact) mass is 267 g/mol. The molecule has 2 rings (SSSR count). The summed E-state index contributed by atoms with van der Waals surface area (Å²) in [4.78, 5) is 12.9. The highest BCUT2D eigenvalue weighted by molar-refractivity contribution is 5.76. The average molecular weight is 267 g/mol. The topological polar surface area (TPSA) is 67.6 Å². The molecule has 1 heterocycles. The van der Waals surface area contributed by atoms with Gasteiger partial charge in [0.2, 0.25) is 0 Å². The van der Waals surface area contributed by atoms with E-state index in [2.05, 4.69) is 5.32 Å². The first-order valence-corrected chi connectivity index (χ1v) is 6.28. The molecule has 1 atom stereocenters. The van der Waals surface area contributed by atoms with Crippen LogP contribution >= 0.6 is 0 Å². The molecule has 1 aromatic rings. The fraction of sp³-hybridized carbons (Fsp3) is 0.462. The van der Waals surface area contributed by atoms with Crippen molar-refractivity contribution in [2.45, 2.75) is 13.0 Å². The number of carbonyl (C=O) groups is 1. The summed E-state index contributed by atoms with van der Waals surface area (Å²) in [5, 5.41) is 2.70. The molecular formula is C13H18FN3O2. The van der Waals surface area contributed by atoms with Crippen molar-refractivity contribution in [2.24, 2.45) is 5.73 Å². The molecule has 1 aliphatic heterocycles. The molecule has 0 unspecified atom stereocenters. The van der Waals surface area contributed by atoms with Crippen molar-refractivity contribution in [3.8, 4) is 5.75 Å². The molecule has 1 fully saturated rings. The number of benzene rings is 1. The Balaban J connectivity index is 1.86. The van der Waals surface area contributed by atoms with Gasteiger partial charge in [0.15, 0.2) is 0 Å². The lowest BCUT2D eigenvalue weighted by Crippen LogP contribution is -2.31. The highest BCUT2D eigenvalue weighted by atomic mass is 19.1. The summed E-state index contributed by atoms with van der Waals surface area (Å²) in [6.45, 7) is 3.90. The second kappa shape index (κ2) is 5.88. The number of ether oxygens (including phenoxy) is 1. The van der Waals surface area contributed by atoms with Crippen LogP contribution in [0.4, 0.5) is 9.18 Å². The van der Waals surface area contributed by atoms with Gasteiger partial charge in [-0.25, -0.2) is 9.18 Å². The largest absolute Gasteiger partial charge is 0.492 e. The molecule has 6 heteroatoms. The smallest absolute Gasteiger partial charge is 0.317 e. The standard InChI is InChI=1S/C13H18FN3O2/c1-9(15)11-3-2-10(8-12(11)14)19-7-6-17-5-4-16-13(17)18/h2-3,8-9H,4-7,15H2,1H3,(H,16,18)/t9-/m1/s1. The van der Waals surface area contributed by atoms with Gasteiger partial charge >= 0.3 is 6.03 Å². The van der Waals surface area contributed by atoms with E-state index in [1.165, 1.54) is 6.07 Å². The highest BCUT2D eigenvalue weighted by Crippen LogP contribution is 2.20. The third-order valence-electron chi connectivity index (χ3n) is 3.04.